The molecule has 3 rings (SSSR count). The van der Waals surface area contributed by atoms with Gasteiger partial charge < -0.3 is 0 Å². The molecule has 2 nitrogen and oxygen atoms in total. The number of aromatic nitrogens is 2. The number of benzene rings is 1. The third-order valence-electron chi connectivity index (χ3n) is 2.89. The van der Waals surface area contributed by atoms with Crippen molar-refractivity contribution < 1.29 is 0 Å². The summed E-state index contributed by atoms with van der Waals surface area (Å²) >= 11 is 0. The summed E-state index contributed by atoms with van der Waals surface area (Å²) in [6.45, 7) is 0. The molecule has 0 saturated carbocycles. The molecular formula is C16H12N2. The minimum atomic E-state index is 1.18. The SMILES string of the molecule is c1cc(-c2ccncc2)cc(-c2ccncc2)c1. The van der Waals surface area contributed by atoms with E-state index in [1.807, 2.05) is 49.1 Å². The summed E-state index contributed by atoms with van der Waals surface area (Å²) in [5, 5.41) is 0. The van der Waals surface area contributed by atoms with E-state index in [1.165, 1.54) is 22.3 Å². The van der Waals surface area contributed by atoms with Crippen molar-refractivity contribution in [1.29, 1.82) is 0 Å². The average Bonchev–Trinajstić information content (AvgIpc) is 2.49. The Morgan fingerprint density at radius 1 is 0.500 bits per heavy atom. The summed E-state index contributed by atoms with van der Waals surface area (Å²) in [6, 6.07) is 16.6. The summed E-state index contributed by atoms with van der Waals surface area (Å²) < 4.78 is 0. The first kappa shape index (κ1) is 10.7. The molecule has 0 atom stereocenters. The molecule has 0 saturated heterocycles. The third-order valence-corrected chi connectivity index (χ3v) is 2.89. The van der Waals surface area contributed by atoms with E-state index < -0.39 is 0 Å². The van der Waals surface area contributed by atoms with E-state index in [-0.39, 0.29) is 0 Å². The van der Waals surface area contributed by atoms with Crippen LogP contribution in [0.3, 0.4) is 0 Å². The minimum absolute atomic E-state index is 1.18. The molecule has 0 bridgehead atoms. The lowest BCUT2D eigenvalue weighted by Gasteiger charge is -2.05. The Balaban J connectivity index is 2.05. The Morgan fingerprint density at radius 2 is 0.944 bits per heavy atom. The second-order valence-corrected chi connectivity index (χ2v) is 4.05. The molecule has 0 unspecified atom stereocenters. The van der Waals surface area contributed by atoms with Crippen LogP contribution in [0.5, 0.6) is 0 Å². The predicted octanol–water partition coefficient (Wildman–Crippen LogP) is 3.81. The maximum absolute atomic E-state index is 4.04. The Kier molecular flexibility index (Phi) is 2.84. The number of hydrogen-bond acceptors (Lipinski definition) is 2. The lowest BCUT2D eigenvalue weighted by Crippen LogP contribution is -1.82. The van der Waals surface area contributed by atoms with Crippen LogP contribution in [0.25, 0.3) is 22.3 Å². The summed E-state index contributed by atoms with van der Waals surface area (Å²) in [5.41, 5.74) is 4.76. The van der Waals surface area contributed by atoms with Gasteiger partial charge in [-0.15, -0.1) is 0 Å². The fraction of sp³-hybridized carbons (Fsp3) is 0. The second-order valence-electron chi connectivity index (χ2n) is 4.05. The quantitative estimate of drug-likeness (QED) is 0.671. The number of pyridine rings is 2. The standard InChI is InChI=1S/C16H12N2/c1-2-15(13-4-8-17-9-5-13)12-16(3-1)14-6-10-18-11-7-14/h1-12H. The highest BCUT2D eigenvalue weighted by molar-refractivity contribution is 5.72. The van der Waals surface area contributed by atoms with E-state index in [0.717, 1.165) is 0 Å². The molecule has 0 spiro atoms. The number of hydrogen-bond donors (Lipinski definition) is 0. The van der Waals surface area contributed by atoms with Crippen LogP contribution in [0.4, 0.5) is 0 Å². The van der Waals surface area contributed by atoms with Gasteiger partial charge in [-0.05, 0) is 52.6 Å². The molecule has 18 heavy (non-hydrogen) atoms. The molecule has 1 aromatic carbocycles. The van der Waals surface area contributed by atoms with Gasteiger partial charge >= 0.3 is 0 Å². The summed E-state index contributed by atoms with van der Waals surface area (Å²) in [4.78, 5) is 8.09. The van der Waals surface area contributed by atoms with Gasteiger partial charge in [0.2, 0.25) is 0 Å². The molecule has 0 aliphatic carbocycles. The van der Waals surface area contributed by atoms with E-state index in [2.05, 4.69) is 34.2 Å². The van der Waals surface area contributed by atoms with Crippen molar-refractivity contribution in [3.05, 3.63) is 73.3 Å². The molecule has 86 valence electrons. The summed E-state index contributed by atoms with van der Waals surface area (Å²) in [5.74, 6) is 0. The van der Waals surface area contributed by atoms with Crippen LogP contribution in [-0.4, -0.2) is 9.97 Å². The van der Waals surface area contributed by atoms with E-state index in [0.29, 0.717) is 0 Å². The van der Waals surface area contributed by atoms with E-state index in [4.69, 9.17) is 0 Å². The Morgan fingerprint density at radius 3 is 1.39 bits per heavy atom. The maximum atomic E-state index is 4.04. The summed E-state index contributed by atoms with van der Waals surface area (Å²) in [6.07, 6.45) is 7.26. The number of nitrogens with zero attached hydrogens (tertiary/aromatic N) is 2. The van der Waals surface area contributed by atoms with Crippen LogP contribution in [0.15, 0.2) is 73.3 Å². The van der Waals surface area contributed by atoms with Crippen molar-refractivity contribution in [2.24, 2.45) is 0 Å². The molecule has 2 aromatic heterocycles. The lowest BCUT2D eigenvalue weighted by atomic mass is 10.0. The zero-order valence-electron chi connectivity index (χ0n) is 9.82. The topological polar surface area (TPSA) is 25.8 Å². The smallest absolute Gasteiger partial charge is 0.0273 e. The van der Waals surface area contributed by atoms with Gasteiger partial charge in [0, 0.05) is 24.8 Å². The monoisotopic (exact) mass is 232 g/mol. The summed E-state index contributed by atoms with van der Waals surface area (Å²) in [7, 11) is 0. The van der Waals surface area contributed by atoms with Gasteiger partial charge in [0.1, 0.15) is 0 Å². The fourth-order valence-electron chi connectivity index (χ4n) is 1.97. The maximum Gasteiger partial charge on any atom is 0.0273 e. The van der Waals surface area contributed by atoms with Crippen molar-refractivity contribution in [1.82, 2.24) is 9.97 Å². The molecule has 0 aliphatic heterocycles. The Bertz CT molecular complexity index is 579. The highest BCUT2D eigenvalue weighted by atomic mass is 14.6. The van der Waals surface area contributed by atoms with E-state index >= 15 is 0 Å². The van der Waals surface area contributed by atoms with Crippen LogP contribution in [-0.2, 0) is 0 Å². The molecule has 0 amide bonds. The van der Waals surface area contributed by atoms with Crippen molar-refractivity contribution in [3.63, 3.8) is 0 Å². The molecule has 2 heterocycles. The first-order chi connectivity index (χ1) is 8.93. The van der Waals surface area contributed by atoms with Gasteiger partial charge in [-0.25, -0.2) is 0 Å². The largest absolute Gasteiger partial charge is 0.265 e. The van der Waals surface area contributed by atoms with Crippen LogP contribution >= 0.6 is 0 Å². The first-order valence-electron chi connectivity index (χ1n) is 5.84. The van der Waals surface area contributed by atoms with Gasteiger partial charge in [-0.1, -0.05) is 18.2 Å². The molecule has 0 N–H and O–H groups in total. The molecule has 0 radical (unpaired) electrons. The molecule has 0 fully saturated rings. The van der Waals surface area contributed by atoms with Crippen LogP contribution in [0, 0.1) is 0 Å². The zero-order valence-corrected chi connectivity index (χ0v) is 9.82. The molecule has 0 aliphatic rings. The lowest BCUT2D eigenvalue weighted by molar-refractivity contribution is 1.33. The zero-order chi connectivity index (χ0) is 12.2. The van der Waals surface area contributed by atoms with Crippen LogP contribution in [0.2, 0.25) is 0 Å². The first-order valence-corrected chi connectivity index (χ1v) is 5.84. The highest BCUT2D eigenvalue weighted by Gasteiger charge is 2.00. The average molecular weight is 232 g/mol. The van der Waals surface area contributed by atoms with Crippen molar-refractivity contribution in [2.45, 2.75) is 0 Å². The fourth-order valence-corrected chi connectivity index (χ4v) is 1.97. The normalized spacial score (nSPS) is 10.2. The van der Waals surface area contributed by atoms with E-state index in [1.54, 1.807) is 0 Å². The predicted molar refractivity (Wildman–Crippen MR) is 72.9 cm³/mol. The highest BCUT2D eigenvalue weighted by Crippen LogP contribution is 2.25. The van der Waals surface area contributed by atoms with Crippen molar-refractivity contribution in [3.8, 4) is 22.3 Å². The van der Waals surface area contributed by atoms with Crippen molar-refractivity contribution >= 4 is 0 Å². The molecule has 2 heteroatoms. The van der Waals surface area contributed by atoms with Gasteiger partial charge in [0.25, 0.3) is 0 Å². The Hall–Kier alpha value is -2.48. The second kappa shape index (κ2) is 4.80. The van der Waals surface area contributed by atoms with Crippen LogP contribution < -0.4 is 0 Å². The van der Waals surface area contributed by atoms with Crippen LogP contribution in [0.1, 0.15) is 0 Å². The van der Waals surface area contributed by atoms with Gasteiger partial charge in [0.05, 0.1) is 0 Å². The molecule has 3 aromatic rings. The third kappa shape index (κ3) is 2.13. The van der Waals surface area contributed by atoms with Gasteiger partial charge in [-0.2, -0.15) is 0 Å². The molecular weight excluding hydrogens is 220 g/mol. The van der Waals surface area contributed by atoms with Crippen molar-refractivity contribution in [2.75, 3.05) is 0 Å². The van der Waals surface area contributed by atoms with E-state index in [9.17, 15) is 0 Å². The Labute approximate surface area is 106 Å². The van der Waals surface area contributed by atoms with Gasteiger partial charge in [0.15, 0.2) is 0 Å². The number of rotatable bonds is 2. The minimum Gasteiger partial charge on any atom is -0.265 e. The van der Waals surface area contributed by atoms with Gasteiger partial charge in [-0.3, -0.25) is 9.97 Å².